The largest absolute Gasteiger partial charge is 0.354 e. The lowest BCUT2D eigenvalue weighted by molar-refractivity contribution is 0.302. The number of aliphatic imine (C=N–C) groups is 1. The number of halogens is 1. The fourth-order valence-electron chi connectivity index (χ4n) is 2.44. The first kappa shape index (κ1) is 18.4. The van der Waals surface area contributed by atoms with Gasteiger partial charge < -0.3 is 15.5 Å². The van der Waals surface area contributed by atoms with Crippen molar-refractivity contribution in [1.82, 2.24) is 15.5 Å². The zero-order valence-electron chi connectivity index (χ0n) is 14.6. The third-order valence-electron chi connectivity index (χ3n) is 3.86. The number of thiophene rings is 1. The molecule has 4 nitrogen and oxygen atoms in total. The van der Waals surface area contributed by atoms with Gasteiger partial charge in [0.2, 0.25) is 0 Å². The summed E-state index contributed by atoms with van der Waals surface area (Å²) in [5, 5.41) is 8.73. The summed E-state index contributed by atoms with van der Waals surface area (Å²) in [5.74, 6) is 0.561. The SMILES string of the molecule is CN=C(NCc1ccc(F)c(C)c1)NCC(c1cccs1)N(C)C. The van der Waals surface area contributed by atoms with E-state index in [1.165, 1.54) is 10.9 Å². The molecule has 0 aliphatic heterocycles. The quantitative estimate of drug-likeness (QED) is 0.622. The number of benzene rings is 1. The smallest absolute Gasteiger partial charge is 0.191 e. The van der Waals surface area contributed by atoms with Gasteiger partial charge in [-0.2, -0.15) is 0 Å². The second-order valence-electron chi connectivity index (χ2n) is 5.89. The average Bonchev–Trinajstić information content (AvgIpc) is 3.07. The van der Waals surface area contributed by atoms with E-state index in [0.717, 1.165) is 18.1 Å². The third kappa shape index (κ3) is 5.04. The van der Waals surface area contributed by atoms with Gasteiger partial charge in [-0.15, -0.1) is 11.3 Å². The van der Waals surface area contributed by atoms with E-state index in [4.69, 9.17) is 0 Å². The zero-order valence-corrected chi connectivity index (χ0v) is 15.5. The lowest BCUT2D eigenvalue weighted by atomic mass is 10.1. The number of hydrogen-bond acceptors (Lipinski definition) is 3. The Kier molecular flexibility index (Phi) is 6.75. The van der Waals surface area contributed by atoms with Gasteiger partial charge in [-0.25, -0.2) is 4.39 Å². The molecule has 1 aromatic heterocycles. The predicted octanol–water partition coefficient (Wildman–Crippen LogP) is 3.16. The Labute approximate surface area is 147 Å². The maximum Gasteiger partial charge on any atom is 0.191 e. The molecule has 0 spiro atoms. The first-order chi connectivity index (χ1) is 11.5. The Morgan fingerprint density at radius 1 is 1.29 bits per heavy atom. The molecule has 130 valence electrons. The molecule has 0 aliphatic carbocycles. The van der Waals surface area contributed by atoms with E-state index in [1.54, 1.807) is 31.4 Å². The topological polar surface area (TPSA) is 39.7 Å². The van der Waals surface area contributed by atoms with Crippen LogP contribution in [0.5, 0.6) is 0 Å². The molecule has 1 heterocycles. The highest BCUT2D eigenvalue weighted by Crippen LogP contribution is 2.22. The summed E-state index contributed by atoms with van der Waals surface area (Å²) in [6.07, 6.45) is 0. The second kappa shape index (κ2) is 8.80. The van der Waals surface area contributed by atoms with Gasteiger partial charge in [0, 0.05) is 25.0 Å². The lowest BCUT2D eigenvalue weighted by Gasteiger charge is -2.24. The van der Waals surface area contributed by atoms with Crippen LogP contribution in [0.2, 0.25) is 0 Å². The van der Waals surface area contributed by atoms with Crippen LogP contribution in [0, 0.1) is 12.7 Å². The van der Waals surface area contributed by atoms with Gasteiger partial charge in [0.15, 0.2) is 5.96 Å². The molecule has 0 saturated heterocycles. The van der Waals surface area contributed by atoms with Crippen molar-refractivity contribution < 1.29 is 4.39 Å². The Hall–Kier alpha value is -1.92. The minimum Gasteiger partial charge on any atom is -0.354 e. The summed E-state index contributed by atoms with van der Waals surface area (Å²) in [5.41, 5.74) is 1.68. The van der Waals surface area contributed by atoms with Crippen molar-refractivity contribution in [2.75, 3.05) is 27.7 Å². The number of nitrogens with one attached hydrogen (secondary N) is 2. The van der Waals surface area contributed by atoms with Crippen LogP contribution < -0.4 is 10.6 Å². The molecule has 1 aromatic carbocycles. The molecule has 1 unspecified atom stereocenters. The first-order valence-electron chi connectivity index (χ1n) is 7.90. The van der Waals surface area contributed by atoms with Crippen LogP contribution in [0.3, 0.4) is 0 Å². The summed E-state index contributed by atoms with van der Waals surface area (Å²) in [4.78, 5) is 7.77. The summed E-state index contributed by atoms with van der Waals surface area (Å²) in [7, 11) is 5.90. The number of guanidine groups is 1. The van der Waals surface area contributed by atoms with Gasteiger partial charge in [0.1, 0.15) is 5.82 Å². The molecule has 24 heavy (non-hydrogen) atoms. The van der Waals surface area contributed by atoms with E-state index in [9.17, 15) is 4.39 Å². The van der Waals surface area contributed by atoms with Gasteiger partial charge in [0.25, 0.3) is 0 Å². The first-order valence-corrected chi connectivity index (χ1v) is 8.78. The highest BCUT2D eigenvalue weighted by atomic mass is 32.1. The summed E-state index contributed by atoms with van der Waals surface area (Å²) in [6.45, 7) is 3.14. The van der Waals surface area contributed by atoms with E-state index >= 15 is 0 Å². The number of rotatable bonds is 6. The van der Waals surface area contributed by atoms with E-state index in [2.05, 4.69) is 52.1 Å². The van der Waals surface area contributed by atoms with Crippen LogP contribution in [0.1, 0.15) is 22.0 Å². The highest BCUT2D eigenvalue weighted by molar-refractivity contribution is 7.10. The Morgan fingerprint density at radius 3 is 2.67 bits per heavy atom. The molecule has 2 N–H and O–H groups in total. The number of likely N-dealkylation sites (N-methyl/N-ethyl adjacent to an activating group) is 1. The second-order valence-corrected chi connectivity index (χ2v) is 6.86. The maximum absolute atomic E-state index is 13.3. The van der Waals surface area contributed by atoms with Crippen molar-refractivity contribution in [3.05, 3.63) is 57.5 Å². The molecule has 0 aliphatic rings. The van der Waals surface area contributed by atoms with Gasteiger partial charge in [-0.3, -0.25) is 4.99 Å². The van der Waals surface area contributed by atoms with E-state index in [0.29, 0.717) is 12.1 Å². The normalized spacial score (nSPS) is 13.2. The fraction of sp³-hybridized carbons (Fsp3) is 0.389. The molecule has 2 rings (SSSR count). The molecule has 0 amide bonds. The minimum absolute atomic E-state index is 0.175. The monoisotopic (exact) mass is 348 g/mol. The summed E-state index contributed by atoms with van der Waals surface area (Å²) in [6, 6.07) is 9.65. The molecule has 0 saturated carbocycles. The number of aryl methyl sites for hydroxylation is 1. The Balaban J connectivity index is 1.91. The summed E-state index contributed by atoms with van der Waals surface area (Å²) < 4.78 is 13.3. The molecular weight excluding hydrogens is 323 g/mol. The van der Waals surface area contributed by atoms with E-state index in [-0.39, 0.29) is 11.9 Å². The van der Waals surface area contributed by atoms with Gasteiger partial charge in [-0.1, -0.05) is 18.2 Å². The van der Waals surface area contributed by atoms with Crippen LogP contribution in [-0.2, 0) is 6.54 Å². The van der Waals surface area contributed by atoms with Crippen molar-refractivity contribution in [1.29, 1.82) is 0 Å². The van der Waals surface area contributed by atoms with Gasteiger partial charge >= 0.3 is 0 Å². The van der Waals surface area contributed by atoms with Crippen molar-refractivity contribution in [2.45, 2.75) is 19.5 Å². The van der Waals surface area contributed by atoms with Gasteiger partial charge in [-0.05, 0) is 49.7 Å². The molecule has 2 aromatic rings. The molecule has 0 radical (unpaired) electrons. The van der Waals surface area contributed by atoms with Crippen LogP contribution in [-0.4, -0.2) is 38.5 Å². The van der Waals surface area contributed by atoms with Crippen molar-refractivity contribution in [3.8, 4) is 0 Å². The highest BCUT2D eigenvalue weighted by Gasteiger charge is 2.15. The standard InChI is InChI=1S/C18H25FN4S/c1-13-10-14(7-8-15(13)19)11-21-18(20-2)22-12-16(23(3)4)17-6-5-9-24-17/h5-10,16H,11-12H2,1-4H3,(H2,20,21,22). The third-order valence-corrected chi connectivity index (χ3v) is 4.84. The zero-order chi connectivity index (χ0) is 17.5. The van der Waals surface area contributed by atoms with Crippen molar-refractivity contribution >= 4 is 17.3 Å². The lowest BCUT2D eigenvalue weighted by Crippen LogP contribution is -2.41. The van der Waals surface area contributed by atoms with Crippen molar-refractivity contribution in [3.63, 3.8) is 0 Å². The average molecular weight is 348 g/mol. The predicted molar refractivity (Wildman–Crippen MR) is 100 cm³/mol. The van der Waals surface area contributed by atoms with Crippen LogP contribution >= 0.6 is 11.3 Å². The molecular formula is C18H25FN4S. The van der Waals surface area contributed by atoms with Gasteiger partial charge in [0.05, 0.1) is 6.04 Å². The van der Waals surface area contributed by atoms with Crippen LogP contribution in [0.4, 0.5) is 4.39 Å². The van der Waals surface area contributed by atoms with E-state index < -0.39 is 0 Å². The van der Waals surface area contributed by atoms with Crippen molar-refractivity contribution in [2.24, 2.45) is 4.99 Å². The molecule has 0 bridgehead atoms. The number of nitrogens with zero attached hydrogens (tertiary/aromatic N) is 2. The molecule has 6 heteroatoms. The maximum atomic E-state index is 13.3. The Morgan fingerprint density at radius 2 is 2.08 bits per heavy atom. The Bertz CT molecular complexity index is 668. The fourth-order valence-corrected chi connectivity index (χ4v) is 3.36. The summed E-state index contributed by atoms with van der Waals surface area (Å²) >= 11 is 1.75. The molecule has 1 atom stereocenters. The molecule has 0 fully saturated rings. The minimum atomic E-state index is -0.175. The van der Waals surface area contributed by atoms with Crippen LogP contribution in [0.25, 0.3) is 0 Å². The number of hydrogen-bond donors (Lipinski definition) is 2. The van der Waals surface area contributed by atoms with Crippen LogP contribution in [0.15, 0.2) is 40.7 Å². The van der Waals surface area contributed by atoms with E-state index in [1.807, 2.05) is 6.07 Å².